The van der Waals surface area contributed by atoms with Crippen LogP contribution >= 0.6 is 15.9 Å². The maximum Gasteiger partial charge on any atom is 0.244 e. The van der Waals surface area contributed by atoms with Crippen LogP contribution in [0.5, 0.6) is 0 Å². The predicted octanol–water partition coefficient (Wildman–Crippen LogP) is 0.743. The number of imide groups is 1. The molecule has 1 N–H and O–H groups in total. The third-order valence-corrected chi connectivity index (χ3v) is 2.53. The van der Waals surface area contributed by atoms with E-state index in [1.807, 2.05) is 0 Å². The van der Waals surface area contributed by atoms with E-state index < -0.39 is 4.32 Å². The van der Waals surface area contributed by atoms with E-state index in [0.717, 1.165) is 0 Å². The van der Waals surface area contributed by atoms with Gasteiger partial charge >= 0.3 is 0 Å². The number of carbonyl (C=O) groups excluding carboxylic acids is 2. The summed E-state index contributed by atoms with van der Waals surface area (Å²) in [6, 6.07) is 0. The van der Waals surface area contributed by atoms with E-state index in [0.29, 0.717) is 6.42 Å². The van der Waals surface area contributed by atoms with Crippen molar-refractivity contribution in [3.05, 3.63) is 12.7 Å². The zero-order valence-corrected chi connectivity index (χ0v) is 7.48. The quantitative estimate of drug-likeness (QED) is 0.422. The minimum absolute atomic E-state index is 0.206. The third-order valence-electron chi connectivity index (χ3n) is 1.57. The number of hydrogen-bond acceptors (Lipinski definition) is 2. The second-order valence-electron chi connectivity index (χ2n) is 2.51. The van der Waals surface area contributed by atoms with E-state index in [9.17, 15) is 9.59 Å². The molecule has 11 heavy (non-hydrogen) atoms. The van der Waals surface area contributed by atoms with Gasteiger partial charge in [-0.1, -0.05) is 22.0 Å². The van der Waals surface area contributed by atoms with Crippen LogP contribution in [0, 0.1) is 0 Å². The van der Waals surface area contributed by atoms with E-state index in [1.165, 1.54) is 0 Å². The molecule has 0 radical (unpaired) electrons. The van der Waals surface area contributed by atoms with Crippen molar-refractivity contribution in [1.29, 1.82) is 0 Å². The van der Waals surface area contributed by atoms with Gasteiger partial charge in [-0.2, -0.15) is 0 Å². The number of nitrogens with one attached hydrogen (secondary N) is 1. The van der Waals surface area contributed by atoms with Crippen LogP contribution in [0.15, 0.2) is 12.7 Å². The minimum atomic E-state index is -0.730. The zero-order valence-electron chi connectivity index (χ0n) is 5.89. The molecule has 0 saturated carbocycles. The number of halogens is 1. The Morgan fingerprint density at radius 1 is 1.73 bits per heavy atom. The van der Waals surface area contributed by atoms with Crippen LogP contribution in [0.25, 0.3) is 0 Å². The number of amides is 2. The molecule has 0 spiro atoms. The highest BCUT2D eigenvalue weighted by Crippen LogP contribution is 2.31. The summed E-state index contributed by atoms with van der Waals surface area (Å²) in [5, 5.41) is 2.22. The van der Waals surface area contributed by atoms with Crippen LogP contribution in [0.2, 0.25) is 0 Å². The predicted molar refractivity (Wildman–Crippen MR) is 44.2 cm³/mol. The van der Waals surface area contributed by atoms with Gasteiger partial charge in [0.2, 0.25) is 11.8 Å². The van der Waals surface area contributed by atoms with Gasteiger partial charge in [-0.15, -0.1) is 6.58 Å². The molecular formula is C7H8BrNO2. The second-order valence-corrected chi connectivity index (χ2v) is 4.03. The molecule has 1 saturated heterocycles. The first kappa shape index (κ1) is 8.46. The summed E-state index contributed by atoms with van der Waals surface area (Å²) in [7, 11) is 0. The van der Waals surface area contributed by atoms with Gasteiger partial charge in [0.15, 0.2) is 0 Å². The molecule has 0 aromatic rings. The van der Waals surface area contributed by atoms with Crippen molar-refractivity contribution in [2.24, 2.45) is 0 Å². The Balaban J connectivity index is 2.78. The zero-order chi connectivity index (χ0) is 8.48. The van der Waals surface area contributed by atoms with Crippen molar-refractivity contribution in [2.45, 2.75) is 17.2 Å². The lowest BCUT2D eigenvalue weighted by molar-refractivity contribution is -0.125. The molecule has 3 nitrogen and oxygen atoms in total. The van der Waals surface area contributed by atoms with Crippen molar-refractivity contribution in [1.82, 2.24) is 5.32 Å². The molecular weight excluding hydrogens is 210 g/mol. The number of allylic oxidation sites excluding steroid dienone is 1. The Morgan fingerprint density at radius 3 is 2.73 bits per heavy atom. The van der Waals surface area contributed by atoms with Gasteiger partial charge in [0.1, 0.15) is 4.32 Å². The highest BCUT2D eigenvalue weighted by molar-refractivity contribution is 9.10. The van der Waals surface area contributed by atoms with Gasteiger partial charge in [-0.05, 0) is 6.42 Å². The lowest BCUT2D eigenvalue weighted by Gasteiger charge is -2.13. The third kappa shape index (κ3) is 1.50. The smallest absolute Gasteiger partial charge is 0.244 e. The summed E-state index contributed by atoms with van der Waals surface area (Å²) in [4.78, 5) is 21.8. The SMILES string of the molecule is C=CCC1(Br)CC(=O)NC1=O. The fourth-order valence-electron chi connectivity index (χ4n) is 1.01. The van der Waals surface area contributed by atoms with Crippen molar-refractivity contribution < 1.29 is 9.59 Å². The molecule has 60 valence electrons. The van der Waals surface area contributed by atoms with Gasteiger partial charge in [-0.3, -0.25) is 14.9 Å². The monoisotopic (exact) mass is 217 g/mol. The molecule has 1 atom stereocenters. The maximum atomic E-state index is 11.1. The Morgan fingerprint density at radius 2 is 2.36 bits per heavy atom. The highest BCUT2D eigenvalue weighted by atomic mass is 79.9. The number of hydrogen-bond donors (Lipinski definition) is 1. The van der Waals surface area contributed by atoms with Crippen LogP contribution in [-0.2, 0) is 9.59 Å². The van der Waals surface area contributed by atoms with Gasteiger partial charge in [0, 0.05) is 0 Å². The van der Waals surface area contributed by atoms with Gasteiger partial charge in [-0.25, -0.2) is 0 Å². The van der Waals surface area contributed by atoms with Crippen LogP contribution in [-0.4, -0.2) is 16.1 Å². The topological polar surface area (TPSA) is 46.2 Å². The molecule has 2 amide bonds. The lowest BCUT2D eigenvalue weighted by atomic mass is 10.0. The molecule has 0 bridgehead atoms. The fraction of sp³-hybridized carbons (Fsp3) is 0.429. The summed E-state index contributed by atoms with van der Waals surface area (Å²) in [5.41, 5.74) is 0. The lowest BCUT2D eigenvalue weighted by Crippen LogP contribution is -2.31. The molecule has 0 aromatic carbocycles. The van der Waals surface area contributed by atoms with Crippen molar-refractivity contribution in [2.75, 3.05) is 0 Å². The number of alkyl halides is 1. The average molecular weight is 218 g/mol. The molecule has 1 aliphatic heterocycles. The summed E-state index contributed by atoms with van der Waals surface area (Å²) in [5.74, 6) is -0.490. The first-order valence-corrected chi connectivity index (χ1v) is 4.02. The van der Waals surface area contributed by atoms with Crippen molar-refractivity contribution in [3.63, 3.8) is 0 Å². The Bertz CT molecular complexity index is 226. The van der Waals surface area contributed by atoms with Crippen molar-refractivity contribution >= 4 is 27.7 Å². The van der Waals surface area contributed by atoms with Gasteiger partial charge in [0.25, 0.3) is 0 Å². The van der Waals surface area contributed by atoms with Gasteiger partial charge < -0.3 is 0 Å². The van der Waals surface area contributed by atoms with Crippen LogP contribution in [0.1, 0.15) is 12.8 Å². The Hall–Kier alpha value is -0.640. The minimum Gasteiger partial charge on any atom is -0.295 e. The highest BCUT2D eigenvalue weighted by Gasteiger charge is 2.43. The van der Waals surface area contributed by atoms with Crippen LogP contribution in [0.4, 0.5) is 0 Å². The summed E-state index contributed by atoms with van der Waals surface area (Å²) in [6.45, 7) is 3.51. The average Bonchev–Trinajstić information content (AvgIpc) is 2.08. The standard InChI is InChI=1S/C7H8BrNO2/c1-2-3-7(8)4-5(10)9-6(7)11/h2H,1,3-4H2,(H,9,10,11). The molecule has 1 heterocycles. The molecule has 0 aliphatic carbocycles. The maximum absolute atomic E-state index is 11.1. The van der Waals surface area contributed by atoms with E-state index in [4.69, 9.17) is 0 Å². The first-order valence-electron chi connectivity index (χ1n) is 3.22. The summed E-state index contributed by atoms with van der Waals surface area (Å²) in [6.07, 6.45) is 2.30. The van der Waals surface area contributed by atoms with Gasteiger partial charge in [0.05, 0.1) is 6.42 Å². The Kier molecular flexibility index (Phi) is 2.13. The Labute approximate surface area is 73.0 Å². The van der Waals surface area contributed by atoms with Crippen LogP contribution < -0.4 is 5.32 Å². The second kappa shape index (κ2) is 2.77. The molecule has 1 aliphatic rings. The molecule has 1 unspecified atom stereocenters. The number of carbonyl (C=O) groups is 2. The van der Waals surface area contributed by atoms with Crippen LogP contribution in [0.3, 0.4) is 0 Å². The number of rotatable bonds is 2. The summed E-state index contributed by atoms with van der Waals surface area (Å²) < 4.78 is -0.730. The molecule has 0 aromatic heterocycles. The molecule has 1 fully saturated rings. The molecule has 1 rings (SSSR count). The largest absolute Gasteiger partial charge is 0.295 e. The van der Waals surface area contributed by atoms with E-state index in [-0.39, 0.29) is 18.2 Å². The first-order chi connectivity index (χ1) is 5.08. The van der Waals surface area contributed by atoms with Crippen molar-refractivity contribution in [3.8, 4) is 0 Å². The molecule has 4 heteroatoms. The summed E-state index contributed by atoms with van der Waals surface area (Å²) >= 11 is 3.21. The van der Waals surface area contributed by atoms with E-state index in [2.05, 4.69) is 27.8 Å². The normalized spacial score (nSPS) is 30.3. The van der Waals surface area contributed by atoms with E-state index in [1.54, 1.807) is 6.08 Å². The van der Waals surface area contributed by atoms with E-state index >= 15 is 0 Å². The fourth-order valence-corrected chi connectivity index (χ4v) is 1.59.